The number of nitrogens with zero attached hydrogens (tertiary/aromatic N) is 1. The predicted octanol–water partition coefficient (Wildman–Crippen LogP) is 4.11. The smallest absolute Gasteiger partial charge is 0.339 e. The van der Waals surface area contributed by atoms with E-state index in [1.165, 1.54) is 5.56 Å². The minimum atomic E-state index is -0.747. The summed E-state index contributed by atoms with van der Waals surface area (Å²) in [4.78, 5) is 12.5. The Morgan fingerprint density at radius 3 is 2.16 bits per heavy atom. The lowest BCUT2D eigenvalue weighted by Crippen LogP contribution is -2.45. The van der Waals surface area contributed by atoms with Gasteiger partial charge in [-0.05, 0) is 32.0 Å². The number of carbonyl (C=O) groups excluding carboxylic acids is 1. The number of hydrogen-bond donors (Lipinski definition) is 0. The number of pyridine rings is 1. The zero-order chi connectivity index (χ0) is 17.7. The topological polar surface area (TPSA) is 30.2 Å². The van der Waals surface area contributed by atoms with Crippen LogP contribution >= 0.6 is 0 Å². The van der Waals surface area contributed by atoms with Crippen molar-refractivity contribution >= 4 is 5.97 Å². The Bertz CT molecular complexity index is 842. The van der Waals surface area contributed by atoms with E-state index in [0.717, 1.165) is 12.2 Å². The second-order valence-corrected chi connectivity index (χ2v) is 6.47. The van der Waals surface area contributed by atoms with E-state index in [2.05, 4.69) is 16.7 Å². The fraction of sp³-hybridized carbons (Fsp3) is 0.182. The Labute approximate surface area is 148 Å². The van der Waals surface area contributed by atoms with Gasteiger partial charge in [0.25, 0.3) is 0 Å². The number of rotatable bonds is 5. The Morgan fingerprint density at radius 1 is 0.880 bits per heavy atom. The molecule has 25 heavy (non-hydrogen) atoms. The summed E-state index contributed by atoms with van der Waals surface area (Å²) in [5.41, 5.74) is 1.96. The SMILES string of the molecule is CC(C)(OC(=O)c1ccccc1)c1cccc[n+]1Cc1ccccc1. The minimum Gasteiger partial charge on any atom is -0.445 e. The predicted molar refractivity (Wildman–Crippen MR) is 97.1 cm³/mol. The first-order valence-electron chi connectivity index (χ1n) is 8.37. The third-order valence-electron chi connectivity index (χ3n) is 4.11. The van der Waals surface area contributed by atoms with Crippen LogP contribution in [-0.4, -0.2) is 5.97 Å². The maximum absolute atomic E-state index is 12.5. The molecule has 3 nitrogen and oxygen atoms in total. The van der Waals surface area contributed by atoms with Gasteiger partial charge < -0.3 is 4.74 Å². The molecule has 0 fully saturated rings. The largest absolute Gasteiger partial charge is 0.445 e. The summed E-state index contributed by atoms with van der Waals surface area (Å²) in [6.45, 7) is 4.57. The molecule has 3 rings (SSSR count). The number of aromatic nitrogens is 1. The molecule has 0 unspecified atom stereocenters. The molecule has 126 valence electrons. The van der Waals surface area contributed by atoms with Crippen LogP contribution in [0.3, 0.4) is 0 Å². The second-order valence-electron chi connectivity index (χ2n) is 6.47. The molecule has 2 aromatic carbocycles. The van der Waals surface area contributed by atoms with Gasteiger partial charge in [-0.15, -0.1) is 0 Å². The lowest BCUT2D eigenvalue weighted by molar-refractivity contribution is -0.701. The van der Waals surface area contributed by atoms with Gasteiger partial charge in [0.05, 0.1) is 5.56 Å². The van der Waals surface area contributed by atoms with Gasteiger partial charge in [-0.3, -0.25) is 0 Å². The van der Waals surface area contributed by atoms with Crippen LogP contribution in [0.15, 0.2) is 85.1 Å². The molecule has 3 heteroatoms. The number of esters is 1. The van der Waals surface area contributed by atoms with Crippen LogP contribution < -0.4 is 4.57 Å². The number of hydrogen-bond acceptors (Lipinski definition) is 2. The summed E-state index contributed by atoms with van der Waals surface area (Å²) in [6.07, 6.45) is 2.01. The number of ether oxygens (including phenoxy) is 1. The van der Waals surface area contributed by atoms with E-state index < -0.39 is 5.60 Å². The average Bonchev–Trinajstić information content (AvgIpc) is 2.63. The average molecular weight is 332 g/mol. The molecule has 0 amide bonds. The Hall–Kier alpha value is -2.94. The van der Waals surface area contributed by atoms with Crippen LogP contribution in [0.5, 0.6) is 0 Å². The number of benzene rings is 2. The van der Waals surface area contributed by atoms with E-state index in [1.807, 2.05) is 74.6 Å². The summed E-state index contributed by atoms with van der Waals surface area (Å²) < 4.78 is 7.95. The van der Waals surface area contributed by atoms with Crippen molar-refractivity contribution < 1.29 is 14.1 Å². The van der Waals surface area contributed by atoms with Crippen LogP contribution in [0.1, 0.15) is 35.5 Å². The van der Waals surface area contributed by atoms with Crippen molar-refractivity contribution in [1.82, 2.24) is 0 Å². The standard InChI is InChI=1S/C22H22NO2/c1-22(2,25-21(24)19-13-7-4-8-14-19)20-15-9-10-16-23(20)17-18-11-5-3-6-12-18/h3-16H,17H2,1-2H3/q+1. The Balaban J connectivity index is 1.86. The lowest BCUT2D eigenvalue weighted by Gasteiger charge is -2.23. The molecular formula is C22H22NO2+. The van der Waals surface area contributed by atoms with Gasteiger partial charge in [-0.25, -0.2) is 4.79 Å². The molecule has 0 aliphatic carbocycles. The zero-order valence-electron chi connectivity index (χ0n) is 14.6. The van der Waals surface area contributed by atoms with Gasteiger partial charge in [-0.2, -0.15) is 4.57 Å². The molecule has 0 aliphatic rings. The highest BCUT2D eigenvalue weighted by Gasteiger charge is 2.34. The molecule has 3 aromatic rings. The van der Waals surface area contributed by atoms with Crippen LogP contribution in [0.25, 0.3) is 0 Å². The first kappa shape index (κ1) is 16.9. The normalized spacial score (nSPS) is 11.1. The molecule has 1 aromatic heterocycles. The molecule has 0 radical (unpaired) electrons. The summed E-state index contributed by atoms with van der Waals surface area (Å²) in [6, 6.07) is 25.3. The van der Waals surface area contributed by atoms with Crippen molar-refractivity contribution in [3.05, 3.63) is 102 Å². The highest BCUT2D eigenvalue weighted by Crippen LogP contribution is 2.23. The van der Waals surface area contributed by atoms with Crippen LogP contribution in [0.4, 0.5) is 0 Å². The van der Waals surface area contributed by atoms with E-state index in [-0.39, 0.29) is 5.97 Å². The van der Waals surface area contributed by atoms with Crippen molar-refractivity contribution in [2.75, 3.05) is 0 Å². The Kier molecular flexibility index (Phi) is 4.94. The lowest BCUT2D eigenvalue weighted by atomic mass is 10.0. The summed E-state index contributed by atoms with van der Waals surface area (Å²) >= 11 is 0. The third kappa shape index (κ3) is 4.13. The fourth-order valence-electron chi connectivity index (χ4n) is 2.86. The van der Waals surface area contributed by atoms with Crippen molar-refractivity contribution in [2.24, 2.45) is 0 Å². The molecule has 0 aliphatic heterocycles. The summed E-state index contributed by atoms with van der Waals surface area (Å²) in [5.74, 6) is -0.319. The quantitative estimate of drug-likeness (QED) is 0.520. The van der Waals surface area contributed by atoms with Crippen molar-refractivity contribution in [3.8, 4) is 0 Å². The third-order valence-corrected chi connectivity index (χ3v) is 4.11. The van der Waals surface area contributed by atoms with Gasteiger partial charge in [0, 0.05) is 17.7 Å². The first-order chi connectivity index (χ1) is 12.1. The van der Waals surface area contributed by atoms with E-state index in [0.29, 0.717) is 5.56 Å². The summed E-state index contributed by atoms with van der Waals surface area (Å²) in [5, 5.41) is 0. The molecule has 0 saturated carbocycles. The summed E-state index contributed by atoms with van der Waals surface area (Å²) in [7, 11) is 0. The fourth-order valence-corrected chi connectivity index (χ4v) is 2.86. The van der Waals surface area contributed by atoms with Gasteiger partial charge in [-0.1, -0.05) is 48.5 Å². The van der Waals surface area contributed by atoms with Gasteiger partial charge in [0.2, 0.25) is 5.69 Å². The minimum absolute atomic E-state index is 0.319. The molecule has 0 saturated heterocycles. The van der Waals surface area contributed by atoms with E-state index in [1.54, 1.807) is 12.1 Å². The first-order valence-corrected chi connectivity index (χ1v) is 8.37. The van der Waals surface area contributed by atoms with Crippen LogP contribution in [-0.2, 0) is 16.9 Å². The van der Waals surface area contributed by atoms with Crippen molar-refractivity contribution in [1.29, 1.82) is 0 Å². The molecule has 0 N–H and O–H groups in total. The maximum atomic E-state index is 12.5. The van der Waals surface area contributed by atoms with Crippen LogP contribution in [0, 0.1) is 0 Å². The Morgan fingerprint density at radius 2 is 1.48 bits per heavy atom. The van der Waals surface area contributed by atoms with Crippen molar-refractivity contribution in [2.45, 2.75) is 26.0 Å². The van der Waals surface area contributed by atoms with E-state index >= 15 is 0 Å². The van der Waals surface area contributed by atoms with Gasteiger partial charge in [0.15, 0.2) is 18.3 Å². The zero-order valence-corrected chi connectivity index (χ0v) is 14.6. The molecule has 1 heterocycles. The maximum Gasteiger partial charge on any atom is 0.339 e. The van der Waals surface area contributed by atoms with Gasteiger partial charge in [0.1, 0.15) is 0 Å². The highest BCUT2D eigenvalue weighted by molar-refractivity contribution is 5.89. The van der Waals surface area contributed by atoms with Crippen molar-refractivity contribution in [3.63, 3.8) is 0 Å². The highest BCUT2D eigenvalue weighted by atomic mass is 16.6. The second kappa shape index (κ2) is 7.31. The molecular weight excluding hydrogens is 310 g/mol. The van der Waals surface area contributed by atoms with Crippen LogP contribution in [0.2, 0.25) is 0 Å². The molecule has 0 spiro atoms. The monoisotopic (exact) mass is 332 g/mol. The molecule has 0 bridgehead atoms. The van der Waals surface area contributed by atoms with E-state index in [9.17, 15) is 4.79 Å². The van der Waals surface area contributed by atoms with E-state index in [4.69, 9.17) is 4.74 Å². The number of carbonyl (C=O) groups is 1. The molecule has 0 atom stereocenters. The van der Waals surface area contributed by atoms with Gasteiger partial charge >= 0.3 is 5.97 Å².